The van der Waals surface area contributed by atoms with Crippen molar-refractivity contribution in [2.45, 2.75) is 44.7 Å². The van der Waals surface area contributed by atoms with Gasteiger partial charge in [0.15, 0.2) is 0 Å². The van der Waals surface area contributed by atoms with E-state index in [9.17, 15) is 8.42 Å². The molecule has 4 nitrogen and oxygen atoms in total. The highest BCUT2D eigenvalue weighted by Gasteiger charge is 2.27. The van der Waals surface area contributed by atoms with Crippen LogP contribution in [0.1, 0.15) is 30.0 Å². The van der Waals surface area contributed by atoms with Gasteiger partial charge in [0.1, 0.15) is 0 Å². The Morgan fingerprint density at radius 3 is 2.75 bits per heavy atom. The number of nitrogens with one attached hydrogen (secondary N) is 1. The van der Waals surface area contributed by atoms with Gasteiger partial charge < -0.3 is 5.32 Å². The molecule has 0 unspecified atom stereocenters. The van der Waals surface area contributed by atoms with Gasteiger partial charge in [-0.1, -0.05) is 26.0 Å². The Morgan fingerprint density at radius 1 is 1.40 bits per heavy atom. The molecule has 0 amide bonds. The molecule has 0 fully saturated rings. The first-order valence-corrected chi connectivity index (χ1v) is 9.14. The van der Waals surface area contributed by atoms with Crippen molar-refractivity contribution in [1.82, 2.24) is 9.62 Å². The minimum Gasteiger partial charge on any atom is -0.310 e. The summed E-state index contributed by atoms with van der Waals surface area (Å²) in [6.45, 7) is 7.83. The topological polar surface area (TPSA) is 49.4 Å². The molecule has 2 rings (SSSR count). The van der Waals surface area contributed by atoms with E-state index in [4.69, 9.17) is 0 Å². The lowest BCUT2D eigenvalue weighted by Gasteiger charge is -2.22. The highest BCUT2D eigenvalue weighted by molar-refractivity contribution is 7.89. The van der Waals surface area contributed by atoms with Gasteiger partial charge in [-0.05, 0) is 19.4 Å². The van der Waals surface area contributed by atoms with Crippen LogP contribution in [-0.2, 0) is 16.6 Å². The summed E-state index contributed by atoms with van der Waals surface area (Å²) in [5.74, 6) is 0. The summed E-state index contributed by atoms with van der Waals surface area (Å²) in [7, 11) is -3.35. The summed E-state index contributed by atoms with van der Waals surface area (Å²) in [6, 6.07) is 2.22. The lowest BCUT2D eigenvalue weighted by Crippen LogP contribution is -2.33. The van der Waals surface area contributed by atoms with Crippen molar-refractivity contribution in [3.05, 3.63) is 28.0 Å². The maximum Gasteiger partial charge on any atom is 0.244 e. The van der Waals surface area contributed by atoms with Crippen molar-refractivity contribution in [1.29, 1.82) is 0 Å². The van der Waals surface area contributed by atoms with E-state index in [1.165, 1.54) is 0 Å². The maximum absolute atomic E-state index is 12.6. The predicted molar refractivity (Wildman–Crippen MR) is 83.5 cm³/mol. The van der Waals surface area contributed by atoms with Crippen molar-refractivity contribution in [2.24, 2.45) is 0 Å². The summed E-state index contributed by atoms with van der Waals surface area (Å²) >= 11 is 1.56. The van der Waals surface area contributed by atoms with Gasteiger partial charge in [0.05, 0.1) is 4.90 Å². The van der Waals surface area contributed by atoms with Crippen LogP contribution in [-0.4, -0.2) is 31.9 Å². The molecule has 1 N–H and O–H groups in total. The van der Waals surface area contributed by atoms with E-state index in [1.54, 1.807) is 15.6 Å². The highest BCUT2D eigenvalue weighted by atomic mass is 32.2. The molecule has 1 aliphatic rings. The van der Waals surface area contributed by atoms with Gasteiger partial charge in [0, 0.05) is 35.4 Å². The third kappa shape index (κ3) is 3.49. The van der Waals surface area contributed by atoms with E-state index >= 15 is 0 Å². The Labute approximate surface area is 125 Å². The van der Waals surface area contributed by atoms with Crippen LogP contribution >= 0.6 is 11.3 Å². The summed E-state index contributed by atoms with van der Waals surface area (Å²) < 4.78 is 26.8. The first kappa shape index (κ1) is 15.7. The molecule has 0 bridgehead atoms. The lowest BCUT2D eigenvalue weighted by molar-refractivity contribution is 0.437. The van der Waals surface area contributed by atoms with Crippen LogP contribution in [0.15, 0.2) is 23.1 Å². The molecule has 2 heterocycles. The molecule has 0 atom stereocenters. The zero-order valence-electron chi connectivity index (χ0n) is 12.2. The third-order valence-electron chi connectivity index (χ3n) is 3.25. The van der Waals surface area contributed by atoms with Crippen LogP contribution in [0.25, 0.3) is 0 Å². The smallest absolute Gasteiger partial charge is 0.244 e. The van der Waals surface area contributed by atoms with E-state index in [0.29, 0.717) is 24.0 Å². The van der Waals surface area contributed by atoms with Crippen molar-refractivity contribution in [3.8, 4) is 0 Å². The van der Waals surface area contributed by atoms with Crippen molar-refractivity contribution >= 4 is 21.4 Å². The fourth-order valence-corrected chi connectivity index (χ4v) is 5.11. The summed E-state index contributed by atoms with van der Waals surface area (Å²) in [4.78, 5) is 2.42. The van der Waals surface area contributed by atoms with E-state index in [0.717, 1.165) is 22.7 Å². The first-order chi connectivity index (χ1) is 9.41. The molecule has 6 heteroatoms. The molecule has 112 valence electrons. The van der Waals surface area contributed by atoms with E-state index in [2.05, 4.69) is 19.2 Å². The molecule has 0 saturated carbocycles. The second-order valence-electron chi connectivity index (χ2n) is 5.29. The average molecular weight is 314 g/mol. The second kappa shape index (κ2) is 6.39. The van der Waals surface area contributed by atoms with Crippen LogP contribution in [0.5, 0.6) is 0 Å². The van der Waals surface area contributed by atoms with Crippen molar-refractivity contribution in [3.63, 3.8) is 0 Å². The summed E-state index contributed by atoms with van der Waals surface area (Å²) in [6.07, 6.45) is 4.75. The first-order valence-electron chi connectivity index (χ1n) is 6.89. The summed E-state index contributed by atoms with van der Waals surface area (Å²) in [5.41, 5.74) is 0. The maximum atomic E-state index is 12.6. The highest BCUT2D eigenvalue weighted by Crippen LogP contribution is 2.29. The molecular weight excluding hydrogens is 292 g/mol. The Balaban J connectivity index is 2.21. The molecule has 1 aromatic heterocycles. The lowest BCUT2D eigenvalue weighted by atomic mass is 10.3. The number of aryl methyl sites for hydroxylation is 1. The molecule has 0 aliphatic carbocycles. The second-order valence-corrected chi connectivity index (χ2v) is 8.54. The predicted octanol–water partition coefficient (Wildman–Crippen LogP) is 2.51. The van der Waals surface area contributed by atoms with E-state index in [1.807, 2.05) is 25.1 Å². The Hall–Kier alpha value is -0.690. The van der Waals surface area contributed by atoms with Gasteiger partial charge in [0.2, 0.25) is 10.0 Å². The molecule has 1 aromatic rings. The average Bonchev–Trinajstić information content (AvgIpc) is 2.79. The quantitative estimate of drug-likeness (QED) is 0.850. The van der Waals surface area contributed by atoms with Crippen molar-refractivity contribution < 1.29 is 8.42 Å². The molecule has 0 spiro atoms. The molecule has 20 heavy (non-hydrogen) atoms. The fourth-order valence-electron chi connectivity index (χ4n) is 2.15. The van der Waals surface area contributed by atoms with Crippen LogP contribution in [0.2, 0.25) is 0 Å². The molecule has 0 saturated heterocycles. The molecular formula is C14H22N2O2S2. The number of sulfonamides is 1. The number of hydrogen-bond donors (Lipinski definition) is 1. The Kier molecular flexibility index (Phi) is 5.01. The molecule has 0 aromatic carbocycles. The third-order valence-corrected chi connectivity index (χ3v) is 6.42. The van der Waals surface area contributed by atoms with Gasteiger partial charge in [-0.2, -0.15) is 4.31 Å². The van der Waals surface area contributed by atoms with Crippen LogP contribution in [0.3, 0.4) is 0 Å². The van der Waals surface area contributed by atoms with Gasteiger partial charge in [-0.15, -0.1) is 11.3 Å². The SMILES string of the molecule is Cc1sc(CNC(C)C)cc1S(=O)(=O)N1CC=CCC1. The molecule has 1 aliphatic heterocycles. The van der Waals surface area contributed by atoms with Gasteiger partial charge in [-0.25, -0.2) is 8.42 Å². The minimum atomic E-state index is -3.35. The largest absolute Gasteiger partial charge is 0.310 e. The van der Waals surface area contributed by atoms with Gasteiger partial charge >= 0.3 is 0 Å². The van der Waals surface area contributed by atoms with Crippen LogP contribution in [0.4, 0.5) is 0 Å². The van der Waals surface area contributed by atoms with Gasteiger partial charge in [0.25, 0.3) is 0 Å². The van der Waals surface area contributed by atoms with Crippen LogP contribution in [0, 0.1) is 6.92 Å². The number of nitrogens with zero attached hydrogens (tertiary/aromatic N) is 1. The van der Waals surface area contributed by atoms with E-state index in [-0.39, 0.29) is 0 Å². The standard InChI is InChI=1S/C14H22N2O2S2/c1-11(2)15-10-13-9-14(12(3)19-13)20(17,18)16-7-5-4-6-8-16/h4-5,9,11,15H,6-8,10H2,1-3H3. The number of hydrogen-bond acceptors (Lipinski definition) is 4. The zero-order valence-corrected chi connectivity index (χ0v) is 13.9. The normalized spacial score (nSPS) is 17.0. The minimum absolute atomic E-state index is 0.393. The zero-order chi connectivity index (χ0) is 14.8. The van der Waals surface area contributed by atoms with Crippen LogP contribution < -0.4 is 5.32 Å². The monoisotopic (exact) mass is 314 g/mol. The number of rotatable bonds is 5. The van der Waals surface area contributed by atoms with Crippen molar-refractivity contribution in [2.75, 3.05) is 13.1 Å². The summed E-state index contributed by atoms with van der Waals surface area (Å²) in [5, 5.41) is 3.32. The van der Waals surface area contributed by atoms with E-state index < -0.39 is 10.0 Å². The number of thiophene rings is 1. The van der Waals surface area contributed by atoms with Gasteiger partial charge in [-0.3, -0.25) is 0 Å². The Morgan fingerprint density at radius 2 is 2.15 bits per heavy atom. The molecule has 0 radical (unpaired) electrons. The fraction of sp³-hybridized carbons (Fsp3) is 0.571. The Bertz CT molecular complexity index is 588.